The first-order valence-electron chi connectivity index (χ1n) is 9.62. The number of nitrogens with one attached hydrogen (secondary N) is 2. The van der Waals surface area contributed by atoms with Gasteiger partial charge >= 0.3 is 0 Å². The van der Waals surface area contributed by atoms with E-state index in [4.69, 9.17) is 5.73 Å². The van der Waals surface area contributed by atoms with E-state index in [0.717, 1.165) is 48.0 Å². The highest BCUT2D eigenvalue weighted by Crippen LogP contribution is 2.36. The van der Waals surface area contributed by atoms with Gasteiger partial charge in [0.1, 0.15) is 11.5 Å². The lowest BCUT2D eigenvalue weighted by molar-refractivity contribution is 0.496. The second-order valence-electron chi connectivity index (χ2n) is 7.55. The van der Waals surface area contributed by atoms with Crippen LogP contribution in [0.25, 0.3) is 21.9 Å². The lowest BCUT2D eigenvalue weighted by atomic mass is 10.1. The van der Waals surface area contributed by atoms with Crippen molar-refractivity contribution < 1.29 is 0 Å². The fraction of sp³-hybridized carbons (Fsp3) is 0.286. The zero-order valence-electron chi connectivity index (χ0n) is 15.4. The maximum Gasteiger partial charge on any atom is 0.260 e. The molecule has 1 aliphatic carbocycles. The zero-order valence-corrected chi connectivity index (χ0v) is 15.4. The van der Waals surface area contributed by atoms with Crippen LogP contribution in [-0.4, -0.2) is 26.1 Å². The number of benzene rings is 1. The van der Waals surface area contributed by atoms with Gasteiger partial charge in [-0.3, -0.25) is 4.79 Å². The van der Waals surface area contributed by atoms with E-state index in [-0.39, 0.29) is 5.56 Å². The number of nitrogens with zero attached hydrogens (tertiary/aromatic N) is 3. The standard InChI is InChI=1S/C21H22N6O/c22-19-6-3-14-2-4-15(10-18(14)26-19)23-11-13-1-5-16(9-13)27-8-7-17-20(27)24-12-25-21(17)28/h2-4,6-8,10,12-13,16,23H,1,5,9,11H2,(H2,22,26)(H,24,25,28). The summed E-state index contributed by atoms with van der Waals surface area (Å²) in [6, 6.07) is 12.3. The summed E-state index contributed by atoms with van der Waals surface area (Å²) in [6.45, 7) is 0.914. The fourth-order valence-corrected chi connectivity index (χ4v) is 4.27. The third kappa shape index (κ3) is 2.98. The van der Waals surface area contributed by atoms with Crippen LogP contribution in [0.5, 0.6) is 0 Å². The third-order valence-corrected chi connectivity index (χ3v) is 5.73. The Morgan fingerprint density at radius 1 is 1.21 bits per heavy atom. The molecule has 7 nitrogen and oxygen atoms in total. The Morgan fingerprint density at radius 3 is 3.04 bits per heavy atom. The van der Waals surface area contributed by atoms with E-state index in [2.05, 4.69) is 37.0 Å². The van der Waals surface area contributed by atoms with Gasteiger partial charge in [-0.15, -0.1) is 0 Å². The van der Waals surface area contributed by atoms with Crippen LogP contribution in [-0.2, 0) is 0 Å². The molecule has 1 aromatic carbocycles. The number of rotatable bonds is 4. The van der Waals surface area contributed by atoms with Gasteiger partial charge in [0.25, 0.3) is 5.56 Å². The molecule has 1 aliphatic rings. The van der Waals surface area contributed by atoms with Crippen molar-refractivity contribution in [2.24, 2.45) is 5.92 Å². The summed E-state index contributed by atoms with van der Waals surface area (Å²) >= 11 is 0. The number of nitrogen functional groups attached to an aromatic ring is 1. The maximum absolute atomic E-state index is 11.9. The number of pyridine rings is 1. The Balaban J connectivity index is 1.28. The van der Waals surface area contributed by atoms with Crippen LogP contribution in [0.2, 0.25) is 0 Å². The van der Waals surface area contributed by atoms with Crippen LogP contribution < -0.4 is 16.6 Å². The largest absolute Gasteiger partial charge is 0.385 e. The van der Waals surface area contributed by atoms with Crippen LogP contribution in [0.1, 0.15) is 25.3 Å². The van der Waals surface area contributed by atoms with Gasteiger partial charge in [0.05, 0.1) is 17.2 Å². The summed E-state index contributed by atoms with van der Waals surface area (Å²) in [5.74, 6) is 1.11. The molecule has 28 heavy (non-hydrogen) atoms. The molecule has 1 fully saturated rings. The van der Waals surface area contributed by atoms with E-state index in [0.29, 0.717) is 23.2 Å². The van der Waals surface area contributed by atoms with Gasteiger partial charge in [-0.2, -0.15) is 0 Å². The van der Waals surface area contributed by atoms with Crippen molar-refractivity contribution in [3.8, 4) is 0 Å². The monoisotopic (exact) mass is 374 g/mol. The number of hydrogen-bond donors (Lipinski definition) is 3. The van der Waals surface area contributed by atoms with Crippen LogP contribution in [0.4, 0.5) is 11.5 Å². The van der Waals surface area contributed by atoms with E-state index in [1.165, 1.54) is 6.33 Å². The lowest BCUT2D eigenvalue weighted by Crippen LogP contribution is -2.13. The summed E-state index contributed by atoms with van der Waals surface area (Å²) in [5, 5.41) is 5.29. The van der Waals surface area contributed by atoms with Crippen molar-refractivity contribution in [2.75, 3.05) is 17.6 Å². The highest BCUT2D eigenvalue weighted by atomic mass is 16.1. The molecule has 0 radical (unpaired) electrons. The first-order chi connectivity index (χ1) is 13.7. The molecule has 2 atom stereocenters. The topological polar surface area (TPSA) is 102 Å². The van der Waals surface area contributed by atoms with Gasteiger partial charge in [0.15, 0.2) is 0 Å². The van der Waals surface area contributed by atoms with Gasteiger partial charge in [0, 0.05) is 29.9 Å². The van der Waals surface area contributed by atoms with Crippen molar-refractivity contribution in [1.29, 1.82) is 0 Å². The molecule has 0 saturated heterocycles. The number of anilines is 2. The van der Waals surface area contributed by atoms with Gasteiger partial charge in [0.2, 0.25) is 0 Å². The number of hydrogen-bond acceptors (Lipinski definition) is 5. The van der Waals surface area contributed by atoms with Gasteiger partial charge in [-0.1, -0.05) is 6.07 Å². The number of H-pyrrole nitrogens is 1. The number of aromatic nitrogens is 4. The molecule has 4 aromatic rings. The highest BCUT2D eigenvalue weighted by Gasteiger charge is 2.27. The Bertz CT molecular complexity index is 1210. The normalized spacial score (nSPS) is 19.4. The third-order valence-electron chi connectivity index (χ3n) is 5.73. The summed E-state index contributed by atoms with van der Waals surface area (Å²) < 4.78 is 2.16. The Morgan fingerprint density at radius 2 is 2.11 bits per heavy atom. The van der Waals surface area contributed by atoms with Crippen molar-refractivity contribution in [1.82, 2.24) is 19.5 Å². The second kappa shape index (κ2) is 6.67. The predicted molar refractivity (Wildman–Crippen MR) is 111 cm³/mol. The predicted octanol–water partition coefficient (Wildman–Crippen LogP) is 3.31. The van der Waals surface area contributed by atoms with E-state index in [1.807, 2.05) is 30.5 Å². The van der Waals surface area contributed by atoms with Crippen molar-refractivity contribution in [3.05, 3.63) is 59.3 Å². The number of nitrogens with two attached hydrogens (primary N) is 1. The summed E-state index contributed by atoms with van der Waals surface area (Å²) in [6.07, 6.45) is 6.80. The average molecular weight is 374 g/mol. The van der Waals surface area contributed by atoms with Gasteiger partial charge in [-0.25, -0.2) is 9.97 Å². The van der Waals surface area contributed by atoms with Crippen LogP contribution in [0.3, 0.4) is 0 Å². The van der Waals surface area contributed by atoms with Crippen LogP contribution >= 0.6 is 0 Å². The minimum atomic E-state index is -0.0782. The molecule has 0 amide bonds. The minimum absolute atomic E-state index is 0.0782. The van der Waals surface area contributed by atoms with E-state index >= 15 is 0 Å². The summed E-state index contributed by atoms with van der Waals surface area (Å²) in [7, 11) is 0. The molecule has 0 spiro atoms. The summed E-state index contributed by atoms with van der Waals surface area (Å²) in [4.78, 5) is 23.3. The SMILES string of the molecule is Nc1ccc2ccc(NCC3CCC(n4ccc5c(=O)[nH]cnc54)C3)cc2n1. The van der Waals surface area contributed by atoms with Crippen LogP contribution in [0, 0.1) is 5.92 Å². The smallest absolute Gasteiger partial charge is 0.260 e. The molecule has 4 N–H and O–H groups in total. The number of aromatic amines is 1. The quantitative estimate of drug-likeness (QED) is 0.509. The highest BCUT2D eigenvalue weighted by molar-refractivity contribution is 5.83. The molecule has 7 heteroatoms. The minimum Gasteiger partial charge on any atom is -0.385 e. The molecule has 3 heterocycles. The molecule has 2 unspecified atom stereocenters. The Hall–Kier alpha value is -3.35. The van der Waals surface area contributed by atoms with Gasteiger partial charge in [-0.05, 0) is 55.5 Å². The molecular weight excluding hydrogens is 352 g/mol. The van der Waals surface area contributed by atoms with Gasteiger partial charge < -0.3 is 20.6 Å². The summed E-state index contributed by atoms with van der Waals surface area (Å²) in [5.41, 5.74) is 8.47. The lowest BCUT2D eigenvalue weighted by Gasteiger charge is -2.15. The molecular formula is C21H22N6O. The van der Waals surface area contributed by atoms with E-state index in [9.17, 15) is 4.79 Å². The van der Waals surface area contributed by atoms with Crippen molar-refractivity contribution in [3.63, 3.8) is 0 Å². The Labute approximate surface area is 161 Å². The van der Waals surface area contributed by atoms with E-state index in [1.54, 1.807) is 0 Å². The molecule has 142 valence electrons. The molecule has 1 saturated carbocycles. The van der Waals surface area contributed by atoms with Crippen LogP contribution in [0.15, 0.2) is 53.7 Å². The zero-order chi connectivity index (χ0) is 19.1. The number of fused-ring (bicyclic) bond motifs is 2. The average Bonchev–Trinajstić information content (AvgIpc) is 3.33. The van der Waals surface area contributed by atoms with Crippen molar-refractivity contribution >= 4 is 33.4 Å². The van der Waals surface area contributed by atoms with Crippen molar-refractivity contribution in [2.45, 2.75) is 25.3 Å². The molecule has 0 bridgehead atoms. The molecule has 5 rings (SSSR count). The first kappa shape index (κ1) is 16.8. The molecule has 3 aromatic heterocycles. The first-order valence-corrected chi connectivity index (χ1v) is 9.62. The molecule has 0 aliphatic heterocycles. The fourth-order valence-electron chi connectivity index (χ4n) is 4.27. The Kier molecular flexibility index (Phi) is 4.00. The maximum atomic E-state index is 11.9. The van der Waals surface area contributed by atoms with E-state index < -0.39 is 0 Å². The second-order valence-corrected chi connectivity index (χ2v) is 7.55.